The molecule has 2 aliphatic rings. The van der Waals surface area contributed by atoms with Crippen LogP contribution in [0.2, 0.25) is 0 Å². The maximum Gasteiger partial charge on any atom is 0.321 e. The van der Waals surface area contributed by atoms with Crippen LogP contribution in [0, 0.1) is 5.92 Å². The molecule has 0 unspecified atom stereocenters. The van der Waals surface area contributed by atoms with Crippen molar-refractivity contribution in [2.24, 2.45) is 5.92 Å². The fraction of sp³-hybridized carbons (Fsp3) is 0.526. The summed E-state index contributed by atoms with van der Waals surface area (Å²) in [6.45, 7) is 2.33. The van der Waals surface area contributed by atoms with E-state index in [1.165, 1.54) is 0 Å². The minimum absolute atomic E-state index is 0.0127. The second-order valence-electron chi connectivity index (χ2n) is 6.49. The van der Waals surface area contributed by atoms with Crippen LogP contribution in [0.4, 0.5) is 10.5 Å². The summed E-state index contributed by atoms with van der Waals surface area (Å²) in [5.74, 6) is 0.558. The molecule has 1 aliphatic carbocycles. The first kappa shape index (κ1) is 16.1. The second kappa shape index (κ2) is 8.16. The molecule has 1 saturated heterocycles. The van der Waals surface area contributed by atoms with Crippen LogP contribution in [-0.2, 0) is 4.74 Å². The number of urea groups is 1. The van der Waals surface area contributed by atoms with Crippen molar-refractivity contribution in [2.45, 2.75) is 38.2 Å². The van der Waals surface area contributed by atoms with Crippen LogP contribution in [0.15, 0.2) is 42.5 Å². The summed E-state index contributed by atoms with van der Waals surface area (Å²) in [6.07, 6.45) is 10.2. The van der Waals surface area contributed by atoms with Crippen LogP contribution in [0.25, 0.3) is 0 Å². The highest BCUT2D eigenvalue weighted by molar-refractivity contribution is 5.89. The fourth-order valence-electron chi connectivity index (χ4n) is 3.33. The van der Waals surface area contributed by atoms with E-state index in [0.717, 1.165) is 50.9 Å². The summed E-state index contributed by atoms with van der Waals surface area (Å²) >= 11 is 0. The van der Waals surface area contributed by atoms with Crippen molar-refractivity contribution in [3.8, 4) is 0 Å². The Morgan fingerprint density at radius 2 is 2.04 bits per heavy atom. The minimum atomic E-state index is -0.0127. The molecular weight excluding hydrogens is 288 g/mol. The molecule has 0 bridgehead atoms. The highest BCUT2D eigenvalue weighted by Crippen LogP contribution is 2.21. The molecule has 3 rings (SSSR count). The molecule has 1 aromatic carbocycles. The number of hydrogen-bond acceptors (Lipinski definition) is 2. The Hall–Kier alpha value is -1.81. The smallest absolute Gasteiger partial charge is 0.321 e. The van der Waals surface area contributed by atoms with Crippen molar-refractivity contribution < 1.29 is 9.53 Å². The molecule has 1 fully saturated rings. The molecule has 2 amide bonds. The number of hydrogen-bond donors (Lipinski definition) is 1. The van der Waals surface area contributed by atoms with Gasteiger partial charge in [-0.1, -0.05) is 30.4 Å². The van der Waals surface area contributed by atoms with E-state index < -0.39 is 0 Å². The molecule has 0 aromatic heterocycles. The van der Waals surface area contributed by atoms with Gasteiger partial charge in [-0.3, -0.25) is 0 Å². The minimum Gasteiger partial charge on any atom is -0.376 e. The fourth-order valence-corrected chi connectivity index (χ4v) is 3.33. The average molecular weight is 314 g/mol. The Morgan fingerprint density at radius 3 is 2.74 bits per heavy atom. The van der Waals surface area contributed by atoms with Gasteiger partial charge in [-0.25, -0.2) is 4.79 Å². The molecule has 4 nitrogen and oxygen atoms in total. The monoisotopic (exact) mass is 314 g/mol. The van der Waals surface area contributed by atoms with Gasteiger partial charge in [0.1, 0.15) is 0 Å². The van der Waals surface area contributed by atoms with E-state index in [1.807, 2.05) is 35.2 Å². The van der Waals surface area contributed by atoms with Gasteiger partial charge >= 0.3 is 6.03 Å². The number of carbonyl (C=O) groups is 1. The van der Waals surface area contributed by atoms with Crippen LogP contribution in [0.1, 0.15) is 32.1 Å². The van der Waals surface area contributed by atoms with Gasteiger partial charge in [-0.05, 0) is 50.2 Å². The molecule has 0 radical (unpaired) electrons. The van der Waals surface area contributed by atoms with E-state index in [1.54, 1.807) is 0 Å². The van der Waals surface area contributed by atoms with Gasteiger partial charge < -0.3 is 15.0 Å². The maximum absolute atomic E-state index is 12.7. The SMILES string of the molecule is O=C(Nc1ccccc1)N(C[C@H]1CC=CCC1)C[C@H]1CCCO1. The van der Waals surface area contributed by atoms with Crippen molar-refractivity contribution in [1.29, 1.82) is 0 Å². The zero-order valence-corrected chi connectivity index (χ0v) is 13.6. The third-order valence-electron chi connectivity index (χ3n) is 4.62. The number of para-hydroxylation sites is 1. The zero-order valence-electron chi connectivity index (χ0n) is 13.6. The lowest BCUT2D eigenvalue weighted by Gasteiger charge is -2.30. The van der Waals surface area contributed by atoms with Crippen LogP contribution in [0.5, 0.6) is 0 Å². The highest BCUT2D eigenvalue weighted by Gasteiger charge is 2.25. The lowest BCUT2D eigenvalue weighted by Crippen LogP contribution is -2.43. The molecule has 1 heterocycles. The molecule has 2 atom stereocenters. The predicted molar refractivity (Wildman–Crippen MR) is 92.5 cm³/mol. The van der Waals surface area contributed by atoms with E-state index in [-0.39, 0.29) is 12.1 Å². The van der Waals surface area contributed by atoms with Crippen LogP contribution < -0.4 is 5.32 Å². The number of nitrogens with one attached hydrogen (secondary N) is 1. The number of benzene rings is 1. The Labute approximate surface area is 138 Å². The van der Waals surface area contributed by atoms with Gasteiger partial charge in [0.2, 0.25) is 0 Å². The van der Waals surface area contributed by atoms with Gasteiger partial charge in [0.05, 0.1) is 6.10 Å². The molecule has 0 spiro atoms. The van der Waals surface area contributed by atoms with E-state index in [0.29, 0.717) is 12.5 Å². The number of carbonyl (C=O) groups excluding carboxylic acids is 1. The lowest BCUT2D eigenvalue weighted by atomic mass is 9.94. The number of ether oxygens (including phenoxy) is 1. The van der Waals surface area contributed by atoms with E-state index in [4.69, 9.17) is 4.74 Å². The van der Waals surface area contributed by atoms with Crippen molar-refractivity contribution >= 4 is 11.7 Å². The molecule has 1 aliphatic heterocycles. The molecular formula is C19H26N2O2. The molecule has 124 valence electrons. The van der Waals surface area contributed by atoms with Gasteiger partial charge in [-0.15, -0.1) is 0 Å². The number of allylic oxidation sites excluding steroid dienone is 2. The Balaban J connectivity index is 1.62. The van der Waals surface area contributed by atoms with Crippen molar-refractivity contribution in [3.63, 3.8) is 0 Å². The number of amides is 2. The highest BCUT2D eigenvalue weighted by atomic mass is 16.5. The third kappa shape index (κ3) is 4.83. The molecule has 0 saturated carbocycles. The van der Waals surface area contributed by atoms with Crippen LogP contribution >= 0.6 is 0 Å². The first-order valence-corrected chi connectivity index (χ1v) is 8.69. The largest absolute Gasteiger partial charge is 0.376 e. The van der Waals surface area contributed by atoms with Gasteiger partial charge in [0.15, 0.2) is 0 Å². The summed E-state index contributed by atoms with van der Waals surface area (Å²) in [5, 5.41) is 3.02. The summed E-state index contributed by atoms with van der Waals surface area (Å²) in [5.41, 5.74) is 0.846. The molecule has 1 aromatic rings. The third-order valence-corrected chi connectivity index (χ3v) is 4.62. The van der Waals surface area contributed by atoms with Gasteiger partial charge in [0.25, 0.3) is 0 Å². The number of rotatable bonds is 5. The van der Waals surface area contributed by atoms with Crippen molar-refractivity contribution in [1.82, 2.24) is 4.90 Å². The molecule has 23 heavy (non-hydrogen) atoms. The quantitative estimate of drug-likeness (QED) is 0.833. The summed E-state index contributed by atoms with van der Waals surface area (Å²) in [6, 6.07) is 9.66. The average Bonchev–Trinajstić information content (AvgIpc) is 3.09. The molecule has 1 N–H and O–H groups in total. The predicted octanol–water partition coefficient (Wildman–Crippen LogP) is 4.06. The lowest BCUT2D eigenvalue weighted by molar-refractivity contribution is 0.0791. The van der Waals surface area contributed by atoms with E-state index in [9.17, 15) is 4.79 Å². The first-order chi connectivity index (χ1) is 11.3. The maximum atomic E-state index is 12.7. The van der Waals surface area contributed by atoms with Crippen molar-refractivity contribution in [2.75, 3.05) is 25.0 Å². The Bertz CT molecular complexity index is 523. The van der Waals surface area contributed by atoms with Crippen LogP contribution in [-0.4, -0.2) is 36.7 Å². The van der Waals surface area contributed by atoms with Gasteiger partial charge in [-0.2, -0.15) is 0 Å². The second-order valence-corrected chi connectivity index (χ2v) is 6.49. The topological polar surface area (TPSA) is 41.6 Å². The van der Waals surface area contributed by atoms with E-state index >= 15 is 0 Å². The summed E-state index contributed by atoms with van der Waals surface area (Å²) < 4.78 is 5.74. The van der Waals surface area contributed by atoms with E-state index in [2.05, 4.69) is 17.5 Å². The Kier molecular flexibility index (Phi) is 5.70. The first-order valence-electron chi connectivity index (χ1n) is 8.69. The zero-order chi connectivity index (χ0) is 15.9. The summed E-state index contributed by atoms with van der Waals surface area (Å²) in [4.78, 5) is 14.7. The normalized spacial score (nSPS) is 23.7. The number of nitrogens with zero attached hydrogens (tertiary/aromatic N) is 1. The van der Waals surface area contributed by atoms with Crippen LogP contribution in [0.3, 0.4) is 0 Å². The van der Waals surface area contributed by atoms with Gasteiger partial charge in [0, 0.05) is 25.4 Å². The Morgan fingerprint density at radius 1 is 1.17 bits per heavy atom. The number of anilines is 1. The molecule has 4 heteroatoms. The van der Waals surface area contributed by atoms with Crippen molar-refractivity contribution in [3.05, 3.63) is 42.5 Å². The summed E-state index contributed by atoms with van der Waals surface area (Å²) in [7, 11) is 0. The standard InChI is InChI=1S/C19H26N2O2/c22-19(20-17-10-5-2-6-11-17)21(15-18-12-7-13-23-18)14-16-8-3-1-4-9-16/h1-3,5-6,10-11,16,18H,4,7-9,12-15H2,(H,20,22)/t16-,18+/m0/s1.